The van der Waals surface area contributed by atoms with Crippen LogP contribution in [0.15, 0.2) is 0 Å². The molecule has 0 N–H and O–H groups in total. The summed E-state index contributed by atoms with van der Waals surface area (Å²) in [4.78, 5) is 20.9. The zero-order valence-electron chi connectivity index (χ0n) is 4.96. The third kappa shape index (κ3) is 1.08. The van der Waals surface area contributed by atoms with Gasteiger partial charge in [-0.1, -0.05) is 0 Å². The fraction of sp³-hybridized carbons (Fsp3) is 0.600. The van der Waals surface area contributed by atoms with Crippen LogP contribution < -0.4 is 5.32 Å². The van der Waals surface area contributed by atoms with Crippen LogP contribution in [0.25, 0.3) is 0 Å². The highest BCUT2D eigenvalue weighted by Crippen LogP contribution is 2.05. The molecular weight excluding hydrogens is 122 g/mol. The fourth-order valence-corrected chi connectivity index (χ4v) is 0.671. The molecule has 4 nitrogen and oxygen atoms in total. The molecule has 1 rings (SSSR count). The van der Waals surface area contributed by atoms with E-state index >= 15 is 0 Å². The van der Waals surface area contributed by atoms with Gasteiger partial charge in [0, 0.05) is 7.11 Å². The van der Waals surface area contributed by atoms with Crippen molar-refractivity contribution in [3.05, 3.63) is 0 Å². The van der Waals surface area contributed by atoms with Crippen LogP contribution in [0.3, 0.4) is 0 Å². The minimum atomic E-state index is -0.613. The van der Waals surface area contributed by atoms with E-state index in [2.05, 4.69) is 10.1 Å². The first-order valence-electron chi connectivity index (χ1n) is 2.55. The first-order chi connectivity index (χ1) is 4.24. The van der Waals surface area contributed by atoms with Gasteiger partial charge < -0.3 is 4.74 Å². The van der Waals surface area contributed by atoms with Gasteiger partial charge in [-0.25, -0.2) is 0 Å². The van der Waals surface area contributed by atoms with E-state index in [1.165, 1.54) is 7.11 Å². The molecule has 1 atom stereocenters. The number of hydrogen-bond acceptors (Lipinski definition) is 3. The molecule has 0 bridgehead atoms. The number of imide groups is 1. The van der Waals surface area contributed by atoms with Crippen molar-refractivity contribution < 1.29 is 14.3 Å². The molecule has 0 saturated carbocycles. The van der Waals surface area contributed by atoms with Gasteiger partial charge in [-0.05, 0) is 0 Å². The van der Waals surface area contributed by atoms with Crippen LogP contribution in [0.5, 0.6) is 0 Å². The van der Waals surface area contributed by atoms with Crippen molar-refractivity contribution in [2.75, 3.05) is 7.11 Å². The Labute approximate surface area is 52.2 Å². The normalized spacial score (nSPS) is 26.6. The van der Waals surface area contributed by atoms with Crippen molar-refractivity contribution in [1.82, 2.24) is 5.32 Å². The lowest BCUT2D eigenvalue weighted by Crippen LogP contribution is -2.20. The molecule has 0 aliphatic carbocycles. The number of ether oxygens (including phenoxy) is 1. The third-order valence-electron chi connectivity index (χ3n) is 1.15. The maximum atomic E-state index is 10.5. The average Bonchev–Trinajstić information content (AvgIpc) is 2.10. The van der Waals surface area contributed by atoms with Crippen molar-refractivity contribution in [3.8, 4) is 0 Å². The largest absolute Gasteiger partial charge is 0.371 e. The number of methoxy groups -OCH3 is 1. The summed E-state index contributed by atoms with van der Waals surface area (Å²) in [6.07, 6.45) is -0.507. The molecule has 2 amide bonds. The smallest absolute Gasteiger partial charge is 0.278 e. The predicted molar refractivity (Wildman–Crippen MR) is 27.6 cm³/mol. The summed E-state index contributed by atoms with van der Waals surface area (Å²) in [6.45, 7) is 0. The zero-order valence-corrected chi connectivity index (χ0v) is 4.96. The Morgan fingerprint density at radius 2 is 2.33 bits per heavy atom. The number of hydrogen-bond donors (Lipinski definition) is 0. The minimum absolute atomic E-state index is 0.106. The van der Waals surface area contributed by atoms with Crippen molar-refractivity contribution >= 4 is 11.8 Å². The summed E-state index contributed by atoms with van der Waals surface area (Å²) in [5, 5.41) is 3.14. The van der Waals surface area contributed by atoms with Crippen LogP contribution in [0.1, 0.15) is 6.42 Å². The number of amides is 2. The van der Waals surface area contributed by atoms with E-state index in [1.54, 1.807) is 0 Å². The van der Waals surface area contributed by atoms with Crippen LogP contribution >= 0.6 is 0 Å². The second-order valence-corrected chi connectivity index (χ2v) is 1.77. The second kappa shape index (κ2) is 2.14. The van der Waals surface area contributed by atoms with Crippen LogP contribution in [0, 0.1) is 0 Å². The van der Waals surface area contributed by atoms with Gasteiger partial charge in [-0.15, -0.1) is 0 Å². The molecule has 1 fully saturated rings. The van der Waals surface area contributed by atoms with Crippen LogP contribution in [0.4, 0.5) is 0 Å². The van der Waals surface area contributed by atoms with E-state index < -0.39 is 12.0 Å². The SMILES string of the molecule is COC1CC(=O)[N]C1=O. The van der Waals surface area contributed by atoms with Crippen LogP contribution in [0.2, 0.25) is 0 Å². The summed E-state index contributed by atoms with van der Waals surface area (Å²) in [5.74, 6) is -0.839. The summed E-state index contributed by atoms with van der Waals surface area (Å²) < 4.78 is 4.63. The standard InChI is InChI=1S/C5H6NO3/c1-9-3-2-4(7)6-5(3)8/h3H,2H2,1H3. The lowest BCUT2D eigenvalue weighted by molar-refractivity contribution is -0.128. The molecule has 0 spiro atoms. The van der Waals surface area contributed by atoms with E-state index in [0.29, 0.717) is 0 Å². The Morgan fingerprint density at radius 1 is 1.67 bits per heavy atom. The number of carbonyl (C=O) groups excluding carboxylic acids is 2. The van der Waals surface area contributed by atoms with Crippen molar-refractivity contribution in [2.24, 2.45) is 0 Å². The van der Waals surface area contributed by atoms with Gasteiger partial charge in [0.1, 0.15) is 6.10 Å². The molecule has 49 valence electrons. The topological polar surface area (TPSA) is 57.5 Å². The monoisotopic (exact) mass is 128 g/mol. The van der Waals surface area contributed by atoms with Crippen molar-refractivity contribution in [2.45, 2.75) is 12.5 Å². The highest BCUT2D eigenvalue weighted by molar-refractivity contribution is 6.04. The van der Waals surface area contributed by atoms with E-state index in [0.717, 1.165) is 0 Å². The van der Waals surface area contributed by atoms with Gasteiger partial charge in [-0.2, -0.15) is 5.32 Å². The molecule has 1 radical (unpaired) electrons. The Kier molecular flexibility index (Phi) is 1.48. The Balaban J connectivity index is 2.58. The predicted octanol–water partition coefficient (Wildman–Crippen LogP) is -0.937. The molecule has 4 heteroatoms. The quantitative estimate of drug-likeness (QED) is 0.428. The number of carbonyl (C=O) groups is 2. The number of rotatable bonds is 1. The molecule has 0 aromatic carbocycles. The molecule has 1 aliphatic rings. The maximum Gasteiger partial charge on any atom is 0.278 e. The molecule has 9 heavy (non-hydrogen) atoms. The van der Waals surface area contributed by atoms with Gasteiger partial charge in [0.2, 0.25) is 0 Å². The van der Waals surface area contributed by atoms with E-state index in [9.17, 15) is 9.59 Å². The van der Waals surface area contributed by atoms with Gasteiger partial charge >= 0.3 is 0 Å². The van der Waals surface area contributed by atoms with Crippen LogP contribution in [-0.4, -0.2) is 25.0 Å². The first kappa shape index (κ1) is 6.22. The van der Waals surface area contributed by atoms with E-state index in [1.807, 2.05) is 0 Å². The summed E-state index contributed by atoms with van der Waals surface area (Å²) in [7, 11) is 1.39. The van der Waals surface area contributed by atoms with E-state index in [-0.39, 0.29) is 12.3 Å². The fourth-order valence-electron chi connectivity index (χ4n) is 0.671. The highest BCUT2D eigenvalue weighted by atomic mass is 16.5. The van der Waals surface area contributed by atoms with Gasteiger partial charge in [0.05, 0.1) is 6.42 Å². The number of nitrogens with zero attached hydrogens (tertiary/aromatic N) is 1. The van der Waals surface area contributed by atoms with Crippen molar-refractivity contribution in [3.63, 3.8) is 0 Å². The first-order valence-corrected chi connectivity index (χ1v) is 2.55. The van der Waals surface area contributed by atoms with Gasteiger partial charge in [0.15, 0.2) is 0 Å². The van der Waals surface area contributed by atoms with Gasteiger partial charge in [0.25, 0.3) is 11.8 Å². The molecule has 0 aromatic heterocycles. The lowest BCUT2D eigenvalue weighted by atomic mass is 10.3. The van der Waals surface area contributed by atoms with Crippen molar-refractivity contribution in [1.29, 1.82) is 0 Å². The molecule has 0 aromatic rings. The second-order valence-electron chi connectivity index (χ2n) is 1.77. The molecule has 1 saturated heterocycles. The lowest BCUT2D eigenvalue weighted by Gasteiger charge is -1.97. The molecule has 1 aliphatic heterocycles. The summed E-state index contributed by atoms with van der Waals surface area (Å²) >= 11 is 0. The van der Waals surface area contributed by atoms with E-state index in [4.69, 9.17) is 0 Å². The Hall–Kier alpha value is -0.900. The Bertz CT molecular complexity index is 154. The summed E-state index contributed by atoms with van der Waals surface area (Å²) in [6, 6.07) is 0. The summed E-state index contributed by atoms with van der Waals surface area (Å²) in [5.41, 5.74) is 0. The zero-order chi connectivity index (χ0) is 6.85. The minimum Gasteiger partial charge on any atom is -0.371 e. The molecule has 1 unspecified atom stereocenters. The maximum absolute atomic E-state index is 10.5. The molecular formula is C5H6NO3. The highest BCUT2D eigenvalue weighted by Gasteiger charge is 2.32. The molecule has 1 heterocycles. The average molecular weight is 128 g/mol. The van der Waals surface area contributed by atoms with Crippen LogP contribution in [-0.2, 0) is 14.3 Å². The Morgan fingerprint density at radius 3 is 2.56 bits per heavy atom. The van der Waals surface area contributed by atoms with Gasteiger partial charge in [-0.3, -0.25) is 9.59 Å². The third-order valence-corrected chi connectivity index (χ3v) is 1.15.